The third-order valence-corrected chi connectivity index (χ3v) is 6.82. The van der Waals surface area contributed by atoms with Gasteiger partial charge in [-0.05, 0) is 67.8 Å². The van der Waals surface area contributed by atoms with Gasteiger partial charge in [-0.1, -0.05) is 60.1 Å². The zero-order valence-electron chi connectivity index (χ0n) is 20.9. The van der Waals surface area contributed by atoms with Crippen molar-refractivity contribution >= 4 is 27.4 Å². The number of nitrogens with two attached hydrogens (primary N) is 1. The van der Waals surface area contributed by atoms with E-state index in [9.17, 15) is 9.59 Å². The van der Waals surface area contributed by atoms with Crippen molar-refractivity contribution < 1.29 is 4.79 Å². The van der Waals surface area contributed by atoms with E-state index >= 15 is 0 Å². The number of fused-ring (bicyclic) bond motifs is 1. The fourth-order valence-electron chi connectivity index (χ4n) is 4.65. The lowest BCUT2D eigenvalue weighted by Crippen LogP contribution is -2.42. The molecule has 2 aromatic heterocycles. The fraction of sp³-hybridized carbons (Fsp3) is 0.321. The van der Waals surface area contributed by atoms with Crippen molar-refractivity contribution in [2.45, 2.75) is 39.8 Å². The lowest BCUT2D eigenvalue weighted by molar-refractivity contribution is 0.0609. The quantitative estimate of drug-likeness (QED) is 0.324. The predicted octanol–water partition coefficient (Wildman–Crippen LogP) is 4.80. The highest BCUT2D eigenvalue weighted by molar-refractivity contribution is 9.10. The number of halogens is 1. The van der Waals surface area contributed by atoms with Crippen LogP contribution in [0.5, 0.6) is 0 Å². The normalized spacial score (nSPS) is 12.3. The van der Waals surface area contributed by atoms with E-state index in [0.717, 1.165) is 26.9 Å². The van der Waals surface area contributed by atoms with Crippen LogP contribution in [-0.2, 0) is 6.54 Å². The average molecular weight is 551 g/mol. The van der Waals surface area contributed by atoms with Gasteiger partial charge in [-0.25, -0.2) is 4.79 Å². The molecule has 0 aliphatic carbocycles. The number of nitrogens with zero attached hydrogens (tertiary/aromatic N) is 4. The molecule has 1 amide bonds. The summed E-state index contributed by atoms with van der Waals surface area (Å²) in [4.78, 5) is 29.5. The van der Waals surface area contributed by atoms with Crippen LogP contribution in [0.4, 0.5) is 0 Å². The SMILES string of the molecule is Cc1cc2cc([C@@H](C(C)C)N(CCCN)C(=O)c3ccc(Br)cc3)n(Cc3ccccc3)c(=O)n2n1. The molecule has 2 heterocycles. The Balaban J connectivity index is 1.90. The van der Waals surface area contributed by atoms with Crippen LogP contribution in [0.2, 0.25) is 0 Å². The molecule has 0 unspecified atom stereocenters. The standard InChI is InChI=1S/C28H32BrN5O2/c1-19(2)26(32(15-7-14-30)27(35)22-10-12-23(29)13-11-22)25-17-24-16-20(3)31-34(24)28(36)33(25)18-21-8-5-4-6-9-21/h4-6,8-13,16-17,19,26H,7,14-15,18,30H2,1-3H3/t26-/m1/s1. The zero-order valence-corrected chi connectivity index (χ0v) is 22.5. The van der Waals surface area contributed by atoms with E-state index in [1.54, 1.807) is 4.57 Å². The van der Waals surface area contributed by atoms with Gasteiger partial charge in [0.2, 0.25) is 0 Å². The molecule has 4 rings (SSSR count). The number of hydrogen-bond acceptors (Lipinski definition) is 4. The summed E-state index contributed by atoms with van der Waals surface area (Å²) in [6, 6.07) is 20.8. The summed E-state index contributed by atoms with van der Waals surface area (Å²) in [6.07, 6.45) is 0.655. The summed E-state index contributed by atoms with van der Waals surface area (Å²) in [5.74, 6) is -0.0482. The Bertz CT molecular complexity index is 1390. The van der Waals surface area contributed by atoms with Gasteiger partial charge in [0.25, 0.3) is 5.91 Å². The lowest BCUT2D eigenvalue weighted by Gasteiger charge is -2.36. The Morgan fingerprint density at radius 3 is 2.42 bits per heavy atom. The average Bonchev–Trinajstić information content (AvgIpc) is 3.24. The maximum absolute atomic E-state index is 13.9. The molecule has 2 aromatic carbocycles. The second-order valence-electron chi connectivity index (χ2n) is 9.38. The van der Waals surface area contributed by atoms with Crippen molar-refractivity contribution in [1.82, 2.24) is 19.1 Å². The number of amides is 1. The number of hydrogen-bond donors (Lipinski definition) is 1. The molecule has 36 heavy (non-hydrogen) atoms. The minimum absolute atomic E-state index is 0.0371. The number of carbonyl (C=O) groups is 1. The van der Waals surface area contributed by atoms with Gasteiger partial charge in [-0.3, -0.25) is 9.36 Å². The van der Waals surface area contributed by atoms with E-state index in [2.05, 4.69) is 34.9 Å². The van der Waals surface area contributed by atoms with Gasteiger partial charge in [0.05, 0.1) is 23.8 Å². The summed E-state index contributed by atoms with van der Waals surface area (Å²) >= 11 is 3.45. The first kappa shape index (κ1) is 25.9. The van der Waals surface area contributed by atoms with E-state index in [0.29, 0.717) is 31.6 Å². The highest BCUT2D eigenvalue weighted by atomic mass is 79.9. The summed E-state index contributed by atoms with van der Waals surface area (Å²) in [5, 5.41) is 4.43. The second kappa shape index (κ2) is 11.2. The number of aryl methyl sites for hydroxylation is 1. The third kappa shape index (κ3) is 5.44. The Morgan fingerprint density at radius 1 is 1.08 bits per heavy atom. The Labute approximate surface area is 219 Å². The van der Waals surface area contributed by atoms with Crippen LogP contribution >= 0.6 is 15.9 Å². The largest absolute Gasteiger partial charge is 0.349 e. The van der Waals surface area contributed by atoms with E-state index in [1.807, 2.05) is 78.6 Å². The first-order valence-electron chi connectivity index (χ1n) is 12.2. The highest BCUT2D eigenvalue weighted by Gasteiger charge is 2.31. The molecule has 0 bridgehead atoms. The molecule has 8 heteroatoms. The van der Waals surface area contributed by atoms with Crippen LogP contribution < -0.4 is 11.4 Å². The number of rotatable bonds is 9. The molecule has 188 valence electrons. The molecule has 0 saturated heterocycles. The van der Waals surface area contributed by atoms with Crippen molar-refractivity contribution in [3.8, 4) is 0 Å². The summed E-state index contributed by atoms with van der Waals surface area (Å²) < 4.78 is 4.11. The first-order chi connectivity index (χ1) is 17.3. The smallest absolute Gasteiger partial charge is 0.330 e. The van der Waals surface area contributed by atoms with Crippen LogP contribution in [0, 0.1) is 12.8 Å². The van der Waals surface area contributed by atoms with Gasteiger partial charge in [-0.15, -0.1) is 0 Å². The first-order valence-corrected chi connectivity index (χ1v) is 13.0. The summed E-state index contributed by atoms with van der Waals surface area (Å²) in [5.41, 5.74) is 9.52. The number of aromatic nitrogens is 3. The molecule has 0 aliphatic heterocycles. The molecular weight excluding hydrogens is 518 g/mol. The molecule has 0 spiro atoms. The van der Waals surface area contributed by atoms with Crippen LogP contribution in [0.3, 0.4) is 0 Å². The van der Waals surface area contributed by atoms with E-state index < -0.39 is 0 Å². The van der Waals surface area contributed by atoms with Crippen LogP contribution in [0.25, 0.3) is 5.52 Å². The molecule has 7 nitrogen and oxygen atoms in total. The van der Waals surface area contributed by atoms with E-state index in [-0.39, 0.29) is 23.6 Å². The molecule has 1 atom stereocenters. The van der Waals surface area contributed by atoms with Crippen LogP contribution in [0.1, 0.15) is 53.6 Å². The van der Waals surface area contributed by atoms with Crippen LogP contribution in [-0.4, -0.2) is 38.1 Å². The summed E-state index contributed by atoms with van der Waals surface area (Å²) in [6.45, 7) is 7.36. The topological polar surface area (TPSA) is 85.6 Å². The molecule has 2 N–H and O–H groups in total. The Hall–Kier alpha value is -3.23. The minimum Gasteiger partial charge on any atom is -0.330 e. The number of benzene rings is 2. The third-order valence-electron chi connectivity index (χ3n) is 6.29. The van der Waals surface area contributed by atoms with Gasteiger partial charge in [0, 0.05) is 22.3 Å². The van der Waals surface area contributed by atoms with Gasteiger partial charge < -0.3 is 10.6 Å². The monoisotopic (exact) mass is 549 g/mol. The lowest BCUT2D eigenvalue weighted by atomic mass is 9.96. The second-order valence-corrected chi connectivity index (χ2v) is 10.3. The van der Waals surface area contributed by atoms with Crippen LogP contribution in [0.15, 0.2) is 76.0 Å². The Morgan fingerprint density at radius 2 is 1.78 bits per heavy atom. The van der Waals surface area contributed by atoms with Crippen molar-refractivity contribution in [2.75, 3.05) is 13.1 Å². The highest BCUT2D eigenvalue weighted by Crippen LogP contribution is 2.31. The van der Waals surface area contributed by atoms with E-state index in [4.69, 9.17) is 5.73 Å². The van der Waals surface area contributed by atoms with Crippen molar-refractivity contribution in [3.63, 3.8) is 0 Å². The van der Waals surface area contributed by atoms with Crippen molar-refractivity contribution in [3.05, 3.63) is 104 Å². The summed E-state index contributed by atoms with van der Waals surface area (Å²) in [7, 11) is 0. The predicted molar refractivity (Wildman–Crippen MR) is 146 cm³/mol. The molecule has 0 saturated carbocycles. The van der Waals surface area contributed by atoms with Crippen molar-refractivity contribution in [1.29, 1.82) is 0 Å². The maximum Gasteiger partial charge on any atom is 0.349 e. The van der Waals surface area contributed by atoms with Gasteiger partial charge in [0.15, 0.2) is 0 Å². The van der Waals surface area contributed by atoms with Gasteiger partial charge in [0.1, 0.15) is 0 Å². The Kier molecular flexibility index (Phi) is 8.06. The van der Waals surface area contributed by atoms with Gasteiger partial charge in [-0.2, -0.15) is 9.61 Å². The van der Waals surface area contributed by atoms with Gasteiger partial charge >= 0.3 is 5.69 Å². The molecular formula is C28H32BrN5O2. The molecule has 4 aromatic rings. The fourth-order valence-corrected chi connectivity index (χ4v) is 4.91. The molecule has 0 fully saturated rings. The zero-order chi connectivity index (χ0) is 25.8. The van der Waals surface area contributed by atoms with Crippen molar-refractivity contribution in [2.24, 2.45) is 11.7 Å². The maximum atomic E-state index is 13.9. The number of carbonyl (C=O) groups excluding carboxylic acids is 1. The van der Waals surface area contributed by atoms with E-state index in [1.165, 1.54) is 4.52 Å². The molecule has 0 aliphatic rings. The molecule has 0 radical (unpaired) electrons. The minimum atomic E-state index is -0.343.